The van der Waals surface area contributed by atoms with E-state index in [1.807, 2.05) is 26.0 Å². The first-order valence-corrected chi connectivity index (χ1v) is 10.3. The van der Waals surface area contributed by atoms with Crippen LogP contribution in [0.1, 0.15) is 64.0 Å². The van der Waals surface area contributed by atoms with E-state index in [0.717, 1.165) is 37.7 Å². The third-order valence-corrected chi connectivity index (χ3v) is 4.89. The molecule has 0 fully saturated rings. The third-order valence-electron chi connectivity index (χ3n) is 4.89. The van der Waals surface area contributed by atoms with Crippen LogP contribution in [-0.4, -0.2) is 35.8 Å². The van der Waals surface area contributed by atoms with Crippen LogP contribution in [0.25, 0.3) is 0 Å². The van der Waals surface area contributed by atoms with Crippen LogP contribution < -0.4 is 16.0 Å². The number of fused-ring (bicyclic) bond motifs is 2. The molecule has 0 saturated carbocycles. The molecular weight excluding hydrogens is 354 g/mol. The van der Waals surface area contributed by atoms with E-state index >= 15 is 0 Å². The minimum absolute atomic E-state index is 0.0202. The van der Waals surface area contributed by atoms with Crippen LogP contribution in [-0.2, 0) is 27.2 Å². The van der Waals surface area contributed by atoms with E-state index in [1.54, 1.807) is 6.92 Å². The highest BCUT2D eigenvalue weighted by atomic mass is 16.2. The highest BCUT2D eigenvalue weighted by molar-refractivity contribution is 5.92. The van der Waals surface area contributed by atoms with E-state index in [-0.39, 0.29) is 23.8 Å². The van der Waals surface area contributed by atoms with E-state index < -0.39 is 12.1 Å². The standard InChI is InChI=1S/C22H33N3O3/c1-15(2)23-22(28)19-14-18-11-8-10-17(13-18)9-6-4-5-7-12-20(26)24-16(3)21(27)25-19/h8,10-11,13,15-16,19H,4-7,9,12,14H2,1-3H3,(H,23,28)(H,24,26)(H,25,27). The van der Waals surface area contributed by atoms with Gasteiger partial charge in [-0.15, -0.1) is 0 Å². The smallest absolute Gasteiger partial charge is 0.243 e. The molecule has 2 rings (SSSR count). The summed E-state index contributed by atoms with van der Waals surface area (Å²) in [5.74, 6) is -0.683. The molecule has 6 nitrogen and oxygen atoms in total. The average Bonchev–Trinajstić information content (AvgIpc) is 2.63. The van der Waals surface area contributed by atoms with Crippen molar-refractivity contribution in [2.75, 3.05) is 0 Å². The van der Waals surface area contributed by atoms with Crippen molar-refractivity contribution >= 4 is 17.7 Å². The van der Waals surface area contributed by atoms with Gasteiger partial charge in [0.2, 0.25) is 17.7 Å². The van der Waals surface area contributed by atoms with Crippen LogP contribution in [0.3, 0.4) is 0 Å². The number of carbonyl (C=O) groups excluding carboxylic acids is 3. The second-order valence-corrected chi connectivity index (χ2v) is 7.95. The molecule has 0 aromatic heterocycles. The zero-order valence-corrected chi connectivity index (χ0v) is 17.2. The molecule has 0 saturated heterocycles. The molecule has 2 atom stereocenters. The van der Waals surface area contributed by atoms with Gasteiger partial charge in [-0.3, -0.25) is 14.4 Å². The predicted molar refractivity (Wildman–Crippen MR) is 110 cm³/mol. The molecule has 154 valence electrons. The Morgan fingerprint density at radius 2 is 1.71 bits per heavy atom. The maximum Gasteiger partial charge on any atom is 0.243 e. The van der Waals surface area contributed by atoms with Gasteiger partial charge < -0.3 is 16.0 Å². The Morgan fingerprint density at radius 3 is 2.43 bits per heavy atom. The maximum absolute atomic E-state index is 12.6. The summed E-state index contributed by atoms with van der Waals surface area (Å²) in [6, 6.07) is 6.84. The molecule has 2 bridgehead atoms. The highest BCUT2D eigenvalue weighted by Crippen LogP contribution is 2.13. The normalized spacial score (nSPS) is 22.3. The molecule has 0 radical (unpaired) electrons. The van der Waals surface area contributed by atoms with Gasteiger partial charge in [-0.05, 0) is 51.2 Å². The molecule has 1 heterocycles. The molecule has 1 aromatic rings. The first-order chi connectivity index (χ1) is 13.3. The van der Waals surface area contributed by atoms with Crippen molar-refractivity contribution in [3.63, 3.8) is 0 Å². The van der Waals surface area contributed by atoms with Gasteiger partial charge >= 0.3 is 0 Å². The number of carbonyl (C=O) groups is 3. The maximum atomic E-state index is 12.6. The van der Waals surface area contributed by atoms with Crippen molar-refractivity contribution in [1.29, 1.82) is 0 Å². The molecule has 3 N–H and O–H groups in total. The van der Waals surface area contributed by atoms with Gasteiger partial charge in [0.25, 0.3) is 0 Å². The number of nitrogens with one attached hydrogen (secondary N) is 3. The molecule has 3 amide bonds. The highest BCUT2D eigenvalue weighted by Gasteiger charge is 2.25. The molecule has 1 aliphatic rings. The minimum atomic E-state index is -0.683. The van der Waals surface area contributed by atoms with Gasteiger partial charge in [-0.1, -0.05) is 37.1 Å². The lowest BCUT2D eigenvalue weighted by atomic mass is 9.99. The van der Waals surface area contributed by atoms with Crippen molar-refractivity contribution in [1.82, 2.24) is 16.0 Å². The Morgan fingerprint density at radius 1 is 1.04 bits per heavy atom. The van der Waals surface area contributed by atoms with Crippen LogP contribution in [0, 0.1) is 0 Å². The molecule has 6 heteroatoms. The van der Waals surface area contributed by atoms with Gasteiger partial charge in [-0.2, -0.15) is 0 Å². The Kier molecular flexibility index (Phi) is 8.48. The summed E-state index contributed by atoms with van der Waals surface area (Å²) in [6.07, 6.45) is 5.79. The third kappa shape index (κ3) is 7.33. The lowest BCUT2D eigenvalue weighted by Crippen LogP contribution is -2.54. The summed E-state index contributed by atoms with van der Waals surface area (Å²) < 4.78 is 0. The lowest BCUT2D eigenvalue weighted by Gasteiger charge is -2.23. The number of rotatable bonds is 2. The van der Waals surface area contributed by atoms with E-state index in [0.29, 0.717) is 12.8 Å². The van der Waals surface area contributed by atoms with Crippen LogP contribution in [0.2, 0.25) is 0 Å². The van der Waals surface area contributed by atoms with Gasteiger partial charge in [-0.25, -0.2) is 0 Å². The average molecular weight is 388 g/mol. The molecule has 0 aliphatic carbocycles. The van der Waals surface area contributed by atoms with Gasteiger partial charge in [0.05, 0.1) is 0 Å². The fourth-order valence-corrected chi connectivity index (χ4v) is 3.39. The fourth-order valence-electron chi connectivity index (χ4n) is 3.39. The Balaban J connectivity index is 2.22. The number of aryl methyl sites for hydroxylation is 1. The quantitative estimate of drug-likeness (QED) is 0.727. The van der Waals surface area contributed by atoms with Crippen molar-refractivity contribution < 1.29 is 14.4 Å². The fraction of sp³-hybridized carbons (Fsp3) is 0.591. The number of benzene rings is 1. The van der Waals surface area contributed by atoms with Crippen molar-refractivity contribution in [2.45, 2.75) is 83.8 Å². The van der Waals surface area contributed by atoms with Crippen molar-refractivity contribution in [2.24, 2.45) is 0 Å². The van der Waals surface area contributed by atoms with Crippen molar-refractivity contribution in [3.8, 4) is 0 Å². The van der Waals surface area contributed by atoms with Crippen LogP contribution in [0.4, 0.5) is 0 Å². The second kappa shape index (κ2) is 10.8. The lowest BCUT2D eigenvalue weighted by molar-refractivity contribution is -0.132. The molecule has 1 aromatic carbocycles. The summed E-state index contributed by atoms with van der Waals surface area (Å²) >= 11 is 0. The van der Waals surface area contributed by atoms with Crippen molar-refractivity contribution in [3.05, 3.63) is 35.4 Å². The summed E-state index contributed by atoms with van der Waals surface area (Å²) in [5.41, 5.74) is 2.26. The summed E-state index contributed by atoms with van der Waals surface area (Å²) in [4.78, 5) is 37.3. The van der Waals surface area contributed by atoms with E-state index in [2.05, 4.69) is 28.1 Å². The Labute approximate surface area is 167 Å². The number of hydrogen-bond acceptors (Lipinski definition) is 3. The molecule has 2 unspecified atom stereocenters. The molecule has 28 heavy (non-hydrogen) atoms. The second-order valence-electron chi connectivity index (χ2n) is 7.95. The first-order valence-electron chi connectivity index (χ1n) is 10.3. The SMILES string of the molecule is CC(C)NC(=O)C1Cc2cccc(c2)CCCCCCC(=O)NC(C)C(=O)N1. The van der Waals surface area contributed by atoms with E-state index in [4.69, 9.17) is 0 Å². The largest absolute Gasteiger partial charge is 0.352 e. The summed E-state index contributed by atoms with van der Waals surface area (Å²) in [5, 5.41) is 8.43. The van der Waals surface area contributed by atoms with Gasteiger partial charge in [0.1, 0.15) is 12.1 Å². The molecule has 1 aliphatic heterocycles. The zero-order valence-electron chi connectivity index (χ0n) is 17.2. The Bertz CT molecular complexity index is 687. The van der Waals surface area contributed by atoms with Gasteiger partial charge in [0, 0.05) is 18.9 Å². The topological polar surface area (TPSA) is 87.3 Å². The number of amides is 3. The first kappa shape index (κ1) is 21.9. The van der Waals surface area contributed by atoms with Crippen LogP contribution >= 0.6 is 0 Å². The summed E-state index contributed by atoms with van der Waals surface area (Å²) in [6.45, 7) is 5.42. The van der Waals surface area contributed by atoms with Crippen LogP contribution in [0.15, 0.2) is 24.3 Å². The Hall–Kier alpha value is -2.37. The predicted octanol–water partition coefficient (Wildman–Crippen LogP) is 2.25. The monoisotopic (exact) mass is 387 g/mol. The zero-order chi connectivity index (χ0) is 20.5. The van der Waals surface area contributed by atoms with Crippen LogP contribution in [0.5, 0.6) is 0 Å². The molecular formula is C22H33N3O3. The number of hydrogen-bond donors (Lipinski definition) is 3. The molecule has 0 spiro atoms. The van der Waals surface area contributed by atoms with E-state index in [9.17, 15) is 14.4 Å². The minimum Gasteiger partial charge on any atom is -0.352 e. The summed E-state index contributed by atoms with van der Waals surface area (Å²) in [7, 11) is 0. The van der Waals surface area contributed by atoms with E-state index in [1.165, 1.54) is 5.56 Å². The van der Waals surface area contributed by atoms with Gasteiger partial charge in [0.15, 0.2) is 0 Å².